The molecule has 0 aliphatic carbocycles. The van der Waals surface area contributed by atoms with Crippen LogP contribution in [0.4, 0.5) is 4.39 Å². The van der Waals surface area contributed by atoms with Crippen molar-refractivity contribution in [3.05, 3.63) is 35.6 Å². The zero-order chi connectivity index (χ0) is 17.1. The third-order valence-electron chi connectivity index (χ3n) is 3.55. The Balaban J connectivity index is 1.79. The molecule has 1 amide bonds. The Hall–Kier alpha value is -1.96. The van der Waals surface area contributed by atoms with Crippen LogP contribution in [-0.2, 0) is 30.6 Å². The first-order chi connectivity index (χ1) is 10.7. The van der Waals surface area contributed by atoms with Crippen LogP contribution in [-0.4, -0.2) is 43.9 Å². The molecule has 1 aromatic rings. The lowest BCUT2D eigenvalue weighted by Crippen LogP contribution is -2.48. The average molecular weight is 343 g/mol. The number of carbonyl (C=O) groups excluding carboxylic acids is 2. The second-order valence-electron chi connectivity index (χ2n) is 5.92. The Morgan fingerprint density at radius 1 is 1.39 bits per heavy atom. The molecule has 1 N–H and O–H groups in total. The quantitative estimate of drug-likeness (QED) is 0.791. The van der Waals surface area contributed by atoms with E-state index in [4.69, 9.17) is 4.74 Å². The number of carbonyl (C=O) groups is 2. The summed E-state index contributed by atoms with van der Waals surface area (Å²) in [6.07, 6.45) is 0.189. The first-order valence-electron chi connectivity index (χ1n) is 7.09. The summed E-state index contributed by atoms with van der Waals surface area (Å²) in [7, 11) is -3.13. The minimum Gasteiger partial charge on any atom is -0.455 e. The Morgan fingerprint density at radius 2 is 2.13 bits per heavy atom. The number of hydrogen-bond acceptors (Lipinski definition) is 5. The molecular weight excluding hydrogens is 325 g/mol. The van der Waals surface area contributed by atoms with Gasteiger partial charge < -0.3 is 10.1 Å². The van der Waals surface area contributed by atoms with Crippen molar-refractivity contribution in [1.82, 2.24) is 5.32 Å². The molecule has 126 valence electrons. The molecule has 0 bridgehead atoms. The number of benzene rings is 1. The highest BCUT2D eigenvalue weighted by molar-refractivity contribution is 7.91. The van der Waals surface area contributed by atoms with Crippen LogP contribution in [0.5, 0.6) is 0 Å². The maximum atomic E-state index is 13.0. The summed E-state index contributed by atoms with van der Waals surface area (Å²) < 4.78 is 40.7. The van der Waals surface area contributed by atoms with E-state index in [0.29, 0.717) is 12.0 Å². The van der Waals surface area contributed by atoms with E-state index in [2.05, 4.69) is 5.32 Å². The van der Waals surface area contributed by atoms with Gasteiger partial charge in [0.1, 0.15) is 5.82 Å². The number of rotatable bonds is 5. The average Bonchev–Trinajstić information content (AvgIpc) is 2.70. The molecule has 0 aromatic heterocycles. The maximum absolute atomic E-state index is 13.0. The molecule has 1 aliphatic heterocycles. The molecule has 0 radical (unpaired) electrons. The largest absolute Gasteiger partial charge is 0.455 e. The topological polar surface area (TPSA) is 89.5 Å². The van der Waals surface area contributed by atoms with Gasteiger partial charge in [-0.05, 0) is 31.0 Å². The number of ether oxygens (including phenoxy) is 1. The van der Waals surface area contributed by atoms with E-state index in [1.165, 1.54) is 18.2 Å². The summed E-state index contributed by atoms with van der Waals surface area (Å²) in [5, 5.41) is 2.58. The number of esters is 1. The number of sulfone groups is 1. The van der Waals surface area contributed by atoms with Gasteiger partial charge in [0.05, 0.1) is 23.5 Å². The van der Waals surface area contributed by atoms with E-state index < -0.39 is 39.7 Å². The van der Waals surface area contributed by atoms with Crippen molar-refractivity contribution >= 4 is 21.7 Å². The highest BCUT2D eigenvalue weighted by Gasteiger charge is 2.39. The summed E-state index contributed by atoms with van der Waals surface area (Å²) in [5.74, 6) is -1.76. The lowest BCUT2D eigenvalue weighted by Gasteiger charge is -2.23. The third kappa shape index (κ3) is 5.31. The van der Waals surface area contributed by atoms with Gasteiger partial charge in [-0.25, -0.2) is 12.8 Å². The van der Waals surface area contributed by atoms with E-state index in [0.717, 1.165) is 0 Å². The molecule has 2 rings (SSSR count). The van der Waals surface area contributed by atoms with E-state index in [1.807, 2.05) is 0 Å². The van der Waals surface area contributed by atoms with E-state index >= 15 is 0 Å². The van der Waals surface area contributed by atoms with Gasteiger partial charge in [0, 0.05) is 0 Å². The molecule has 1 heterocycles. The summed E-state index contributed by atoms with van der Waals surface area (Å²) >= 11 is 0. The van der Waals surface area contributed by atoms with Crippen molar-refractivity contribution in [3.8, 4) is 0 Å². The minimum absolute atomic E-state index is 0.0309. The maximum Gasteiger partial charge on any atom is 0.310 e. The fraction of sp³-hybridized carbons (Fsp3) is 0.467. The monoisotopic (exact) mass is 343 g/mol. The molecular formula is C15H18FNO5S. The van der Waals surface area contributed by atoms with Gasteiger partial charge in [0.15, 0.2) is 16.4 Å². The lowest BCUT2D eigenvalue weighted by atomic mass is 10.0. The summed E-state index contributed by atoms with van der Waals surface area (Å²) in [5.41, 5.74) is -0.380. The summed E-state index contributed by atoms with van der Waals surface area (Å²) in [4.78, 5) is 23.4. The van der Waals surface area contributed by atoms with Crippen LogP contribution in [0.25, 0.3) is 0 Å². The van der Waals surface area contributed by atoms with Crippen molar-refractivity contribution in [2.75, 3.05) is 18.1 Å². The van der Waals surface area contributed by atoms with E-state index in [1.54, 1.807) is 13.0 Å². The summed E-state index contributed by atoms with van der Waals surface area (Å²) in [6, 6.07) is 5.53. The van der Waals surface area contributed by atoms with Gasteiger partial charge in [-0.1, -0.05) is 12.1 Å². The number of hydrogen-bond donors (Lipinski definition) is 1. The van der Waals surface area contributed by atoms with Gasteiger partial charge >= 0.3 is 5.97 Å². The number of halogens is 1. The van der Waals surface area contributed by atoms with Crippen LogP contribution >= 0.6 is 0 Å². The van der Waals surface area contributed by atoms with Crippen LogP contribution in [0.3, 0.4) is 0 Å². The Kier molecular flexibility index (Phi) is 5.03. The first-order valence-corrected chi connectivity index (χ1v) is 8.91. The first kappa shape index (κ1) is 17.4. The number of amides is 1. The van der Waals surface area contributed by atoms with Crippen LogP contribution < -0.4 is 5.32 Å². The zero-order valence-corrected chi connectivity index (χ0v) is 13.5. The highest BCUT2D eigenvalue weighted by atomic mass is 32.2. The fourth-order valence-corrected chi connectivity index (χ4v) is 4.59. The number of nitrogens with one attached hydrogen (secondary N) is 1. The van der Waals surface area contributed by atoms with Crippen molar-refractivity contribution in [2.24, 2.45) is 0 Å². The van der Waals surface area contributed by atoms with E-state index in [9.17, 15) is 22.4 Å². The van der Waals surface area contributed by atoms with E-state index in [-0.39, 0.29) is 17.9 Å². The van der Waals surface area contributed by atoms with Crippen molar-refractivity contribution in [2.45, 2.75) is 25.3 Å². The Labute approximate surface area is 133 Å². The van der Waals surface area contributed by atoms with Gasteiger partial charge in [-0.2, -0.15) is 0 Å². The standard InChI is InChI=1S/C15H18FNO5S/c1-15(5-6-23(20,21)10-15)17-13(18)9-22-14(19)8-11-3-2-4-12(16)7-11/h2-4,7H,5-6,8-10H2,1H3,(H,17,18). The van der Waals surface area contributed by atoms with Gasteiger partial charge in [-0.15, -0.1) is 0 Å². The third-order valence-corrected chi connectivity index (χ3v) is 5.45. The van der Waals surface area contributed by atoms with Gasteiger partial charge in [-0.3, -0.25) is 9.59 Å². The summed E-state index contributed by atoms with van der Waals surface area (Å²) in [6.45, 7) is 1.15. The van der Waals surface area contributed by atoms with Crippen LogP contribution in [0, 0.1) is 5.82 Å². The second-order valence-corrected chi connectivity index (χ2v) is 8.10. The van der Waals surface area contributed by atoms with Gasteiger partial charge in [0.25, 0.3) is 5.91 Å². The molecule has 0 saturated carbocycles. The molecule has 23 heavy (non-hydrogen) atoms. The molecule has 1 fully saturated rings. The zero-order valence-electron chi connectivity index (χ0n) is 12.7. The minimum atomic E-state index is -3.13. The fourth-order valence-electron chi connectivity index (χ4n) is 2.49. The highest BCUT2D eigenvalue weighted by Crippen LogP contribution is 2.22. The molecule has 1 saturated heterocycles. The molecule has 1 aromatic carbocycles. The van der Waals surface area contributed by atoms with Crippen LogP contribution in [0.15, 0.2) is 24.3 Å². The van der Waals surface area contributed by atoms with Gasteiger partial charge in [0.2, 0.25) is 0 Å². The SMILES string of the molecule is CC1(NC(=O)COC(=O)Cc2cccc(F)c2)CCS(=O)(=O)C1. The Morgan fingerprint density at radius 3 is 2.74 bits per heavy atom. The van der Waals surface area contributed by atoms with Crippen molar-refractivity contribution in [1.29, 1.82) is 0 Å². The molecule has 0 spiro atoms. The molecule has 6 nitrogen and oxygen atoms in total. The van der Waals surface area contributed by atoms with Crippen LogP contribution in [0.1, 0.15) is 18.9 Å². The lowest BCUT2D eigenvalue weighted by molar-refractivity contribution is -0.148. The molecule has 1 atom stereocenters. The predicted octanol–water partition coefficient (Wildman–Crippen LogP) is 0.605. The molecule has 1 aliphatic rings. The van der Waals surface area contributed by atoms with Crippen molar-refractivity contribution in [3.63, 3.8) is 0 Å². The molecule has 8 heteroatoms. The second kappa shape index (κ2) is 6.66. The van der Waals surface area contributed by atoms with Crippen LogP contribution in [0.2, 0.25) is 0 Å². The normalized spacial score (nSPS) is 22.5. The molecule has 1 unspecified atom stereocenters. The Bertz CT molecular complexity index is 718. The predicted molar refractivity (Wildman–Crippen MR) is 80.9 cm³/mol. The van der Waals surface area contributed by atoms with Crippen molar-refractivity contribution < 1.29 is 27.1 Å². The smallest absolute Gasteiger partial charge is 0.310 e.